The molecule has 1 aromatic carbocycles. The highest BCUT2D eigenvalue weighted by Gasteiger charge is 2.24. The van der Waals surface area contributed by atoms with Crippen LogP contribution in [0, 0.1) is 12.7 Å². The van der Waals surface area contributed by atoms with Crippen LogP contribution in [0.4, 0.5) is 4.39 Å². The number of hydrogen-bond acceptors (Lipinski definition) is 4. The summed E-state index contributed by atoms with van der Waals surface area (Å²) >= 11 is 0. The average molecular weight is 502 g/mol. The van der Waals surface area contributed by atoms with Crippen LogP contribution >= 0.6 is 24.0 Å². The molecule has 3 rings (SSSR count). The summed E-state index contributed by atoms with van der Waals surface area (Å²) in [6.07, 6.45) is 1.79. The molecule has 2 heterocycles. The number of aryl methyl sites for hydroxylation is 2. The lowest BCUT2D eigenvalue weighted by Gasteiger charge is -2.25. The first-order chi connectivity index (χ1) is 13.1. The normalized spacial score (nSPS) is 17.4. The van der Waals surface area contributed by atoms with Crippen molar-refractivity contribution in [3.8, 4) is 0 Å². The number of ether oxygens (including phenoxy) is 1. The predicted molar refractivity (Wildman–Crippen MR) is 117 cm³/mol. The van der Waals surface area contributed by atoms with Crippen molar-refractivity contribution in [2.45, 2.75) is 45.4 Å². The zero-order chi connectivity index (χ0) is 19.2. The predicted octanol–water partition coefficient (Wildman–Crippen LogP) is 3.12. The Labute approximate surface area is 182 Å². The molecule has 0 amide bonds. The van der Waals surface area contributed by atoms with Crippen molar-refractivity contribution in [1.29, 1.82) is 0 Å². The lowest BCUT2D eigenvalue weighted by molar-refractivity contribution is 0.111. The standard InChI is InChI=1S/C19H27FN6O.HI/c1-4-21-19(22-12-17(27-3)14-7-9-15(20)10-8-14)24-16-6-5-11-26-18(16)23-13(2)25-26;/h7-10,16-17H,4-6,11-12H2,1-3H3,(H2,21,22,24);1H. The van der Waals surface area contributed by atoms with E-state index in [1.54, 1.807) is 19.2 Å². The molecule has 0 saturated carbocycles. The second kappa shape index (κ2) is 10.7. The van der Waals surface area contributed by atoms with Gasteiger partial charge in [0.1, 0.15) is 23.6 Å². The van der Waals surface area contributed by atoms with Gasteiger partial charge in [0.25, 0.3) is 0 Å². The lowest BCUT2D eigenvalue weighted by Crippen LogP contribution is -2.41. The van der Waals surface area contributed by atoms with Crippen LogP contribution in [0.2, 0.25) is 0 Å². The Morgan fingerprint density at radius 2 is 2.14 bits per heavy atom. The van der Waals surface area contributed by atoms with E-state index in [9.17, 15) is 4.39 Å². The van der Waals surface area contributed by atoms with Gasteiger partial charge < -0.3 is 15.4 Å². The van der Waals surface area contributed by atoms with Gasteiger partial charge >= 0.3 is 0 Å². The number of nitrogens with zero attached hydrogens (tertiary/aromatic N) is 4. The molecule has 0 spiro atoms. The molecule has 2 atom stereocenters. The van der Waals surface area contributed by atoms with Crippen LogP contribution in [0.1, 0.15) is 49.1 Å². The van der Waals surface area contributed by atoms with Crippen molar-refractivity contribution in [3.63, 3.8) is 0 Å². The quantitative estimate of drug-likeness (QED) is 0.361. The first-order valence-electron chi connectivity index (χ1n) is 9.35. The summed E-state index contributed by atoms with van der Waals surface area (Å²) in [5, 5.41) is 11.2. The maximum atomic E-state index is 13.2. The molecule has 0 bridgehead atoms. The number of hydrogen-bond donors (Lipinski definition) is 2. The molecule has 0 saturated heterocycles. The summed E-state index contributed by atoms with van der Waals surface area (Å²) in [7, 11) is 1.64. The summed E-state index contributed by atoms with van der Waals surface area (Å²) in [6, 6.07) is 6.40. The van der Waals surface area contributed by atoms with Crippen molar-refractivity contribution in [3.05, 3.63) is 47.3 Å². The van der Waals surface area contributed by atoms with Crippen molar-refractivity contribution in [2.75, 3.05) is 20.2 Å². The summed E-state index contributed by atoms with van der Waals surface area (Å²) in [4.78, 5) is 9.23. The molecule has 2 N–H and O–H groups in total. The topological polar surface area (TPSA) is 76.4 Å². The molecule has 0 aliphatic carbocycles. The van der Waals surface area contributed by atoms with Gasteiger partial charge in [0, 0.05) is 20.2 Å². The van der Waals surface area contributed by atoms with Crippen LogP contribution < -0.4 is 10.6 Å². The van der Waals surface area contributed by atoms with Gasteiger partial charge in [-0.05, 0) is 44.4 Å². The van der Waals surface area contributed by atoms with Gasteiger partial charge in [-0.25, -0.2) is 14.1 Å². The fraction of sp³-hybridized carbons (Fsp3) is 0.526. The zero-order valence-electron chi connectivity index (χ0n) is 16.5. The molecule has 7 nitrogen and oxygen atoms in total. The van der Waals surface area contributed by atoms with E-state index in [2.05, 4.69) is 25.7 Å². The number of nitrogens with one attached hydrogen (secondary N) is 2. The van der Waals surface area contributed by atoms with Crippen LogP contribution in [-0.2, 0) is 11.3 Å². The maximum Gasteiger partial charge on any atom is 0.191 e. The van der Waals surface area contributed by atoms with Crippen LogP contribution in [-0.4, -0.2) is 40.9 Å². The fourth-order valence-corrected chi connectivity index (χ4v) is 3.26. The second-order valence-corrected chi connectivity index (χ2v) is 6.58. The molecule has 28 heavy (non-hydrogen) atoms. The average Bonchev–Trinajstić information content (AvgIpc) is 3.05. The van der Waals surface area contributed by atoms with Crippen LogP contribution in [0.3, 0.4) is 0 Å². The Hall–Kier alpha value is -1.75. The van der Waals surface area contributed by atoms with E-state index in [0.29, 0.717) is 12.5 Å². The molecule has 0 fully saturated rings. The van der Waals surface area contributed by atoms with Crippen LogP contribution in [0.25, 0.3) is 0 Å². The highest BCUT2D eigenvalue weighted by Crippen LogP contribution is 2.23. The smallest absolute Gasteiger partial charge is 0.191 e. The molecule has 1 aromatic heterocycles. The van der Waals surface area contributed by atoms with E-state index in [1.807, 2.05) is 18.5 Å². The Kier molecular flexibility index (Phi) is 8.61. The van der Waals surface area contributed by atoms with Gasteiger partial charge in [0.2, 0.25) is 0 Å². The van der Waals surface area contributed by atoms with Crippen molar-refractivity contribution < 1.29 is 9.13 Å². The number of rotatable bonds is 6. The number of methoxy groups -OCH3 is 1. The van der Waals surface area contributed by atoms with E-state index >= 15 is 0 Å². The van der Waals surface area contributed by atoms with Gasteiger partial charge in [-0.2, -0.15) is 5.10 Å². The van der Waals surface area contributed by atoms with Gasteiger partial charge in [-0.1, -0.05) is 12.1 Å². The van der Waals surface area contributed by atoms with Crippen LogP contribution in [0.5, 0.6) is 0 Å². The zero-order valence-corrected chi connectivity index (χ0v) is 18.8. The summed E-state index contributed by atoms with van der Waals surface area (Å²) in [5.41, 5.74) is 0.895. The van der Waals surface area contributed by atoms with Crippen molar-refractivity contribution >= 4 is 29.9 Å². The molecule has 0 radical (unpaired) electrons. The Balaban J connectivity index is 0.00000280. The molecule has 1 aliphatic heterocycles. The van der Waals surface area contributed by atoms with E-state index in [0.717, 1.165) is 43.1 Å². The number of halogens is 2. The molecule has 154 valence electrons. The second-order valence-electron chi connectivity index (χ2n) is 6.58. The number of benzene rings is 1. The summed E-state index contributed by atoms with van der Waals surface area (Å²) < 4.78 is 20.7. The third kappa shape index (κ3) is 5.63. The van der Waals surface area contributed by atoms with E-state index in [-0.39, 0.29) is 41.9 Å². The molecule has 1 aliphatic rings. The Morgan fingerprint density at radius 1 is 1.39 bits per heavy atom. The highest BCUT2D eigenvalue weighted by atomic mass is 127. The molecule has 2 aromatic rings. The lowest BCUT2D eigenvalue weighted by atomic mass is 10.1. The molecule has 2 unspecified atom stereocenters. The third-order valence-corrected chi connectivity index (χ3v) is 4.58. The summed E-state index contributed by atoms with van der Waals surface area (Å²) in [6.45, 7) is 6.01. The first kappa shape index (κ1) is 22.5. The number of fused-ring (bicyclic) bond motifs is 1. The van der Waals surface area contributed by atoms with E-state index in [1.165, 1.54) is 12.1 Å². The Morgan fingerprint density at radius 3 is 2.82 bits per heavy atom. The van der Waals surface area contributed by atoms with Gasteiger partial charge in [0.05, 0.1) is 12.6 Å². The largest absolute Gasteiger partial charge is 0.375 e. The SMILES string of the molecule is CCNC(=NCC(OC)c1ccc(F)cc1)NC1CCCn2nc(C)nc21.I. The van der Waals surface area contributed by atoms with Crippen molar-refractivity contribution in [1.82, 2.24) is 25.4 Å². The summed E-state index contributed by atoms with van der Waals surface area (Å²) in [5.74, 6) is 2.19. The van der Waals surface area contributed by atoms with Gasteiger partial charge in [0.15, 0.2) is 5.96 Å². The number of aliphatic imine (C=N–C) groups is 1. The van der Waals surface area contributed by atoms with E-state index < -0.39 is 0 Å². The molecular formula is C19H28FIN6O. The molecule has 9 heteroatoms. The number of aromatic nitrogens is 3. The highest BCUT2D eigenvalue weighted by molar-refractivity contribution is 14.0. The van der Waals surface area contributed by atoms with Gasteiger partial charge in [-0.15, -0.1) is 24.0 Å². The van der Waals surface area contributed by atoms with Gasteiger partial charge in [-0.3, -0.25) is 4.99 Å². The fourth-order valence-electron chi connectivity index (χ4n) is 3.26. The minimum atomic E-state index is -0.260. The Bertz CT molecular complexity index is 779. The third-order valence-electron chi connectivity index (χ3n) is 4.58. The number of guanidine groups is 1. The first-order valence-corrected chi connectivity index (χ1v) is 9.35. The minimum absolute atomic E-state index is 0. The van der Waals surface area contributed by atoms with Crippen molar-refractivity contribution in [2.24, 2.45) is 4.99 Å². The van der Waals surface area contributed by atoms with E-state index in [4.69, 9.17) is 4.74 Å². The maximum absolute atomic E-state index is 13.2. The monoisotopic (exact) mass is 502 g/mol. The van der Waals surface area contributed by atoms with Crippen LogP contribution in [0.15, 0.2) is 29.3 Å². The molecular weight excluding hydrogens is 474 g/mol. The minimum Gasteiger partial charge on any atom is -0.375 e.